The van der Waals surface area contributed by atoms with Crippen molar-refractivity contribution in [3.8, 4) is 17.5 Å². The Balaban J connectivity index is 1.64. The number of hydrogen-bond acceptors (Lipinski definition) is 8. The Morgan fingerprint density at radius 1 is 1.25 bits per heavy atom. The maximum Gasteiger partial charge on any atom is 0.586 e. The summed E-state index contributed by atoms with van der Waals surface area (Å²) >= 11 is 0. The number of nitrogens with zero attached hydrogens (tertiary/aromatic N) is 4. The van der Waals surface area contributed by atoms with Gasteiger partial charge in [-0.2, -0.15) is 5.10 Å². The lowest BCUT2D eigenvalue weighted by Gasteiger charge is -2.04. The van der Waals surface area contributed by atoms with Gasteiger partial charge in [0.15, 0.2) is 11.5 Å². The lowest BCUT2D eigenvalue weighted by molar-refractivity contribution is -0.286. The zero-order valence-corrected chi connectivity index (χ0v) is 12.1. The van der Waals surface area contributed by atoms with E-state index in [2.05, 4.69) is 29.5 Å². The first kappa shape index (κ1) is 15.6. The van der Waals surface area contributed by atoms with E-state index in [1.807, 2.05) is 0 Å². The van der Waals surface area contributed by atoms with Crippen LogP contribution in [0.2, 0.25) is 0 Å². The normalized spacial score (nSPS) is 15.7. The molecule has 8 nitrogen and oxygen atoms in total. The molecule has 1 aliphatic rings. The first-order chi connectivity index (χ1) is 11.6. The van der Waals surface area contributed by atoms with Gasteiger partial charge < -0.3 is 20.1 Å². The third-order valence-corrected chi connectivity index (χ3v) is 2.80. The van der Waals surface area contributed by atoms with Crippen LogP contribution in [-0.4, -0.2) is 34.8 Å². The molecule has 1 aromatic heterocycles. The number of benzene rings is 1. The minimum absolute atomic E-state index is 0.00731. The third-order valence-electron chi connectivity index (χ3n) is 2.80. The van der Waals surface area contributed by atoms with Gasteiger partial charge in [0.1, 0.15) is 12.3 Å². The maximum absolute atomic E-state index is 13.0. The molecule has 0 aliphatic carbocycles. The first-order valence-corrected chi connectivity index (χ1v) is 6.66. The molecule has 0 radical (unpaired) electrons. The minimum Gasteiger partial charge on any atom is -0.457 e. The van der Waals surface area contributed by atoms with Crippen LogP contribution in [0.15, 0.2) is 46.8 Å². The molecule has 0 fully saturated rings. The van der Waals surface area contributed by atoms with E-state index in [-0.39, 0.29) is 24.1 Å². The Kier molecular flexibility index (Phi) is 4.18. The number of ether oxygens (including phenoxy) is 3. The third kappa shape index (κ3) is 3.72. The van der Waals surface area contributed by atoms with Crippen molar-refractivity contribution in [3.05, 3.63) is 36.7 Å². The molecule has 0 bridgehead atoms. The highest BCUT2D eigenvalue weighted by Crippen LogP contribution is 2.42. The van der Waals surface area contributed by atoms with Crippen molar-refractivity contribution in [3.63, 3.8) is 0 Å². The van der Waals surface area contributed by atoms with Crippen LogP contribution in [0.3, 0.4) is 0 Å². The summed E-state index contributed by atoms with van der Waals surface area (Å²) in [4.78, 5) is 11.8. The summed E-state index contributed by atoms with van der Waals surface area (Å²) < 4.78 is 39.8. The summed E-state index contributed by atoms with van der Waals surface area (Å²) in [5.41, 5.74) is 0.651. The lowest BCUT2D eigenvalue weighted by Crippen LogP contribution is -2.25. The fourth-order valence-corrected chi connectivity index (χ4v) is 1.77. The number of aromatic nitrogens is 2. The van der Waals surface area contributed by atoms with E-state index in [0.29, 0.717) is 11.4 Å². The van der Waals surface area contributed by atoms with Crippen LogP contribution in [0.1, 0.15) is 0 Å². The van der Waals surface area contributed by atoms with Crippen molar-refractivity contribution in [1.82, 2.24) is 9.97 Å². The Labute approximate surface area is 134 Å². The monoisotopic (exact) mass is 335 g/mol. The summed E-state index contributed by atoms with van der Waals surface area (Å²) in [5.74, 6) is 5.10. The fourth-order valence-electron chi connectivity index (χ4n) is 1.77. The average Bonchev–Trinajstić information content (AvgIpc) is 2.89. The largest absolute Gasteiger partial charge is 0.586 e. The topological polar surface area (TPSA) is 104 Å². The van der Waals surface area contributed by atoms with Gasteiger partial charge in [0, 0.05) is 18.5 Å². The number of alkyl halides is 2. The molecule has 1 aromatic carbocycles. The predicted molar refractivity (Wildman–Crippen MR) is 79.9 cm³/mol. The molecular formula is C14H11F2N5O3. The highest BCUT2D eigenvalue weighted by atomic mass is 19.3. The fraction of sp³-hybridized carbons (Fsp3) is 0.143. The van der Waals surface area contributed by atoms with Crippen molar-refractivity contribution in [1.29, 1.82) is 0 Å². The molecule has 0 spiro atoms. The molecule has 0 saturated carbocycles. The number of hydrogen-bond donors (Lipinski definition) is 1. The first-order valence-electron chi connectivity index (χ1n) is 6.66. The van der Waals surface area contributed by atoms with E-state index in [9.17, 15) is 8.78 Å². The van der Waals surface area contributed by atoms with E-state index >= 15 is 0 Å². The van der Waals surface area contributed by atoms with Crippen LogP contribution in [0, 0.1) is 0 Å². The summed E-state index contributed by atoms with van der Waals surface area (Å²) in [6, 6.07) is 5.93. The summed E-state index contributed by atoms with van der Waals surface area (Å²) in [7, 11) is 0. The zero-order chi connectivity index (χ0) is 17.0. The van der Waals surface area contributed by atoms with Crippen molar-refractivity contribution < 1.29 is 23.0 Å². The lowest BCUT2D eigenvalue weighted by atomic mass is 10.3. The molecule has 124 valence electrons. The molecular weight excluding hydrogens is 324 g/mol. The van der Waals surface area contributed by atoms with Crippen molar-refractivity contribution in [2.24, 2.45) is 15.9 Å². The molecule has 2 aromatic rings. The highest BCUT2D eigenvalue weighted by Gasteiger charge is 2.43. The second-order valence-electron chi connectivity index (χ2n) is 4.50. The average molecular weight is 335 g/mol. The maximum atomic E-state index is 13.0. The number of hydrazone groups is 1. The van der Waals surface area contributed by atoms with Gasteiger partial charge in [0.25, 0.3) is 0 Å². The van der Waals surface area contributed by atoms with E-state index in [0.717, 1.165) is 0 Å². The van der Waals surface area contributed by atoms with E-state index in [1.54, 1.807) is 6.07 Å². The Morgan fingerprint density at radius 3 is 2.75 bits per heavy atom. The molecule has 0 amide bonds. The number of rotatable bonds is 5. The number of nitrogens with two attached hydrogens (primary N) is 1. The number of halogens is 2. The smallest absolute Gasteiger partial charge is 0.457 e. The summed E-state index contributed by atoms with van der Waals surface area (Å²) in [6.07, 6.45) is 0.715. The SMILES string of the molecule is NN=C(C=Nc1ccc2c(c1)OC(F)(F)O2)COc1ncccn1. The molecule has 10 heteroatoms. The van der Waals surface area contributed by atoms with Crippen molar-refractivity contribution in [2.75, 3.05) is 6.61 Å². The molecule has 0 unspecified atom stereocenters. The van der Waals surface area contributed by atoms with E-state index in [4.69, 9.17) is 10.6 Å². The molecule has 0 saturated heterocycles. The summed E-state index contributed by atoms with van der Waals surface area (Å²) in [6.45, 7) is -0.00731. The van der Waals surface area contributed by atoms with Gasteiger partial charge in [-0.05, 0) is 18.2 Å². The van der Waals surface area contributed by atoms with Crippen LogP contribution >= 0.6 is 0 Å². The minimum atomic E-state index is -3.67. The molecule has 2 N–H and O–H groups in total. The van der Waals surface area contributed by atoms with Crippen LogP contribution in [-0.2, 0) is 0 Å². The van der Waals surface area contributed by atoms with Crippen molar-refractivity contribution >= 4 is 17.6 Å². The molecule has 1 aliphatic heterocycles. The quantitative estimate of drug-likeness (QED) is 0.508. The second kappa shape index (κ2) is 6.44. The van der Waals surface area contributed by atoms with Gasteiger partial charge >= 0.3 is 12.3 Å². The van der Waals surface area contributed by atoms with Gasteiger partial charge in [0.2, 0.25) is 0 Å². The molecule has 24 heavy (non-hydrogen) atoms. The van der Waals surface area contributed by atoms with Gasteiger partial charge in [-0.25, -0.2) is 9.97 Å². The van der Waals surface area contributed by atoms with Gasteiger partial charge in [-0.3, -0.25) is 4.99 Å². The highest BCUT2D eigenvalue weighted by molar-refractivity contribution is 6.31. The van der Waals surface area contributed by atoms with Crippen LogP contribution < -0.4 is 20.1 Å². The van der Waals surface area contributed by atoms with Crippen LogP contribution in [0.4, 0.5) is 14.5 Å². The molecule has 3 rings (SSSR count). The molecule has 2 heterocycles. The number of aliphatic imine (C=N–C) groups is 1. The Morgan fingerprint density at radius 2 is 2.00 bits per heavy atom. The Bertz CT molecular complexity index is 783. The zero-order valence-electron chi connectivity index (χ0n) is 12.1. The standard InChI is InChI=1S/C14H11F2N5O3/c15-14(16)23-11-3-2-9(6-12(11)24-14)20-7-10(21-17)8-22-13-18-4-1-5-19-13/h1-7H,8,17H2. The summed E-state index contributed by atoms with van der Waals surface area (Å²) in [5, 5.41) is 3.52. The molecule has 0 atom stereocenters. The van der Waals surface area contributed by atoms with Gasteiger partial charge in [-0.15, -0.1) is 8.78 Å². The Hall–Kier alpha value is -3.30. The van der Waals surface area contributed by atoms with Gasteiger partial charge in [0.05, 0.1) is 11.9 Å². The van der Waals surface area contributed by atoms with Crippen LogP contribution in [0.5, 0.6) is 17.5 Å². The van der Waals surface area contributed by atoms with Gasteiger partial charge in [-0.1, -0.05) is 0 Å². The van der Waals surface area contributed by atoms with Crippen molar-refractivity contribution in [2.45, 2.75) is 6.29 Å². The van der Waals surface area contributed by atoms with E-state index in [1.165, 1.54) is 36.8 Å². The second-order valence-corrected chi connectivity index (χ2v) is 4.50. The predicted octanol–water partition coefficient (Wildman–Crippen LogP) is 1.89. The van der Waals surface area contributed by atoms with Crippen LogP contribution in [0.25, 0.3) is 0 Å². The number of fused-ring (bicyclic) bond motifs is 1. The van der Waals surface area contributed by atoms with E-state index < -0.39 is 6.29 Å².